The van der Waals surface area contributed by atoms with Crippen molar-refractivity contribution in [1.82, 2.24) is 15.1 Å². The Bertz CT molecular complexity index is 294. The molecule has 1 aliphatic rings. The Hall–Kier alpha value is -0.650. The lowest BCUT2D eigenvalue weighted by molar-refractivity contribution is -0.139. The van der Waals surface area contributed by atoms with Crippen LogP contribution in [-0.2, 0) is 4.79 Å². The van der Waals surface area contributed by atoms with E-state index in [2.05, 4.69) is 42.9 Å². The van der Waals surface area contributed by atoms with Gasteiger partial charge in [-0.3, -0.25) is 9.69 Å². The summed E-state index contributed by atoms with van der Waals surface area (Å²) in [6.45, 7) is 11.2. The molecule has 1 rings (SSSR count). The average Bonchev–Trinajstić information content (AvgIpc) is 2.33. The number of carboxylic acid groups (broad SMARTS) is 1. The Kier molecular flexibility index (Phi) is 6.23. The van der Waals surface area contributed by atoms with Crippen LogP contribution in [0.15, 0.2) is 0 Å². The molecule has 112 valence electrons. The minimum absolute atomic E-state index is 0.174. The zero-order valence-electron chi connectivity index (χ0n) is 12.8. The number of likely N-dealkylation sites (N-methyl/N-ethyl adjacent to an activating group) is 1. The molecule has 0 aromatic carbocycles. The molecular weight excluding hydrogens is 242 g/mol. The summed E-state index contributed by atoms with van der Waals surface area (Å²) in [4.78, 5) is 15.9. The van der Waals surface area contributed by atoms with Crippen LogP contribution in [0, 0.1) is 0 Å². The number of aliphatic carboxylic acids is 1. The molecule has 0 aromatic heterocycles. The van der Waals surface area contributed by atoms with Crippen LogP contribution in [0.4, 0.5) is 0 Å². The molecule has 1 saturated heterocycles. The van der Waals surface area contributed by atoms with Crippen molar-refractivity contribution in [1.29, 1.82) is 0 Å². The molecule has 0 amide bonds. The van der Waals surface area contributed by atoms with Gasteiger partial charge in [0.25, 0.3) is 0 Å². The average molecular weight is 271 g/mol. The van der Waals surface area contributed by atoms with Crippen molar-refractivity contribution in [2.24, 2.45) is 0 Å². The fourth-order valence-electron chi connectivity index (χ4n) is 2.48. The third kappa shape index (κ3) is 5.09. The minimum Gasteiger partial charge on any atom is -0.480 e. The van der Waals surface area contributed by atoms with E-state index < -0.39 is 12.0 Å². The fraction of sp³-hybridized carbons (Fsp3) is 0.929. The van der Waals surface area contributed by atoms with Crippen molar-refractivity contribution < 1.29 is 9.90 Å². The Morgan fingerprint density at radius 3 is 2.63 bits per heavy atom. The summed E-state index contributed by atoms with van der Waals surface area (Å²) in [7, 11) is 2.15. The molecule has 0 radical (unpaired) electrons. The predicted octanol–water partition coefficient (Wildman–Crippen LogP) is 0.855. The lowest BCUT2D eigenvalue weighted by Crippen LogP contribution is -2.58. The number of carbonyl (C=O) groups is 1. The molecule has 5 heteroatoms. The van der Waals surface area contributed by atoms with Crippen molar-refractivity contribution in [3.8, 4) is 0 Å². The van der Waals surface area contributed by atoms with Gasteiger partial charge < -0.3 is 15.3 Å². The summed E-state index contributed by atoms with van der Waals surface area (Å²) in [6.07, 6.45) is 1.64. The molecule has 1 fully saturated rings. The van der Waals surface area contributed by atoms with Gasteiger partial charge in [-0.1, -0.05) is 6.92 Å². The summed E-state index contributed by atoms with van der Waals surface area (Å²) in [5.74, 6) is -0.734. The summed E-state index contributed by atoms with van der Waals surface area (Å²) in [5.41, 5.74) is 0.174. The number of nitrogens with one attached hydrogen (secondary N) is 1. The second-order valence-electron chi connectivity index (χ2n) is 6.14. The highest BCUT2D eigenvalue weighted by molar-refractivity contribution is 5.73. The molecule has 5 nitrogen and oxygen atoms in total. The van der Waals surface area contributed by atoms with Gasteiger partial charge in [0.2, 0.25) is 0 Å². The molecule has 1 atom stereocenters. The van der Waals surface area contributed by atoms with Crippen LogP contribution in [0.3, 0.4) is 0 Å². The first kappa shape index (κ1) is 16.4. The lowest BCUT2D eigenvalue weighted by Gasteiger charge is -2.45. The summed E-state index contributed by atoms with van der Waals surface area (Å²) >= 11 is 0. The van der Waals surface area contributed by atoms with Crippen LogP contribution in [-0.4, -0.2) is 72.2 Å². The predicted molar refractivity (Wildman–Crippen MR) is 77.5 cm³/mol. The third-order valence-corrected chi connectivity index (χ3v) is 4.07. The third-order valence-electron chi connectivity index (χ3n) is 4.07. The van der Waals surface area contributed by atoms with Crippen molar-refractivity contribution >= 4 is 5.97 Å². The molecule has 2 N–H and O–H groups in total. The van der Waals surface area contributed by atoms with E-state index >= 15 is 0 Å². The normalized spacial score (nSPS) is 22.3. The molecule has 0 aliphatic carbocycles. The Balaban J connectivity index is 2.40. The first-order valence-electron chi connectivity index (χ1n) is 7.26. The van der Waals surface area contributed by atoms with Crippen LogP contribution in [0.1, 0.15) is 33.6 Å². The van der Waals surface area contributed by atoms with Gasteiger partial charge in [0, 0.05) is 31.7 Å². The highest BCUT2D eigenvalue weighted by atomic mass is 16.4. The number of hydrogen-bond acceptors (Lipinski definition) is 4. The summed E-state index contributed by atoms with van der Waals surface area (Å²) in [5, 5.41) is 12.3. The standard InChI is InChI=1S/C14H29N3O2/c1-5-7-15-12(13(18)19)6-8-17-10-9-16(4)14(2,3)11-17/h12,15H,5-11H2,1-4H3,(H,18,19). The van der Waals surface area contributed by atoms with E-state index in [1.807, 2.05) is 0 Å². The molecule has 1 aliphatic heterocycles. The van der Waals surface area contributed by atoms with Gasteiger partial charge in [-0.15, -0.1) is 0 Å². The van der Waals surface area contributed by atoms with Crippen molar-refractivity contribution in [3.63, 3.8) is 0 Å². The van der Waals surface area contributed by atoms with E-state index in [-0.39, 0.29) is 5.54 Å². The summed E-state index contributed by atoms with van der Waals surface area (Å²) in [6, 6.07) is -0.414. The molecule has 19 heavy (non-hydrogen) atoms. The first-order chi connectivity index (χ1) is 8.86. The van der Waals surface area contributed by atoms with E-state index in [9.17, 15) is 9.90 Å². The van der Waals surface area contributed by atoms with Gasteiger partial charge in [-0.25, -0.2) is 0 Å². The number of piperazine rings is 1. The minimum atomic E-state index is -0.734. The number of hydrogen-bond donors (Lipinski definition) is 2. The Morgan fingerprint density at radius 1 is 1.42 bits per heavy atom. The highest BCUT2D eigenvalue weighted by Gasteiger charge is 2.31. The quantitative estimate of drug-likeness (QED) is 0.719. The number of carboxylic acids is 1. The van der Waals surface area contributed by atoms with Crippen LogP contribution < -0.4 is 5.32 Å². The van der Waals surface area contributed by atoms with Gasteiger partial charge >= 0.3 is 5.97 Å². The smallest absolute Gasteiger partial charge is 0.320 e. The van der Waals surface area contributed by atoms with Crippen LogP contribution >= 0.6 is 0 Å². The van der Waals surface area contributed by atoms with E-state index in [0.29, 0.717) is 6.42 Å². The second-order valence-corrected chi connectivity index (χ2v) is 6.14. The van der Waals surface area contributed by atoms with E-state index in [1.54, 1.807) is 0 Å². The zero-order chi connectivity index (χ0) is 14.5. The highest BCUT2D eigenvalue weighted by Crippen LogP contribution is 2.18. The van der Waals surface area contributed by atoms with E-state index in [1.165, 1.54) is 0 Å². The molecule has 1 heterocycles. The van der Waals surface area contributed by atoms with Gasteiger partial charge in [0.15, 0.2) is 0 Å². The topological polar surface area (TPSA) is 55.8 Å². The maximum atomic E-state index is 11.2. The van der Waals surface area contributed by atoms with Gasteiger partial charge in [-0.05, 0) is 40.3 Å². The molecule has 0 spiro atoms. The second kappa shape index (κ2) is 7.22. The lowest BCUT2D eigenvalue weighted by atomic mass is 9.99. The Morgan fingerprint density at radius 2 is 2.11 bits per heavy atom. The van der Waals surface area contributed by atoms with Gasteiger partial charge in [0.05, 0.1) is 0 Å². The van der Waals surface area contributed by atoms with E-state index in [0.717, 1.165) is 39.1 Å². The maximum absolute atomic E-state index is 11.2. The van der Waals surface area contributed by atoms with Crippen LogP contribution in [0.2, 0.25) is 0 Å². The molecule has 0 aromatic rings. The molecule has 0 saturated carbocycles. The van der Waals surface area contributed by atoms with Crippen molar-refractivity contribution in [2.45, 2.75) is 45.2 Å². The monoisotopic (exact) mass is 271 g/mol. The zero-order valence-corrected chi connectivity index (χ0v) is 12.8. The van der Waals surface area contributed by atoms with Crippen molar-refractivity contribution in [3.05, 3.63) is 0 Å². The number of rotatable bonds is 7. The number of nitrogens with zero attached hydrogens (tertiary/aromatic N) is 2. The van der Waals surface area contributed by atoms with Crippen LogP contribution in [0.25, 0.3) is 0 Å². The fourth-order valence-corrected chi connectivity index (χ4v) is 2.48. The maximum Gasteiger partial charge on any atom is 0.320 e. The Labute approximate surface area is 117 Å². The van der Waals surface area contributed by atoms with E-state index in [4.69, 9.17) is 0 Å². The largest absolute Gasteiger partial charge is 0.480 e. The molecular formula is C14H29N3O2. The van der Waals surface area contributed by atoms with Crippen molar-refractivity contribution in [2.75, 3.05) is 39.8 Å². The van der Waals surface area contributed by atoms with Crippen LogP contribution in [0.5, 0.6) is 0 Å². The summed E-state index contributed by atoms with van der Waals surface area (Å²) < 4.78 is 0. The molecule has 0 bridgehead atoms. The van der Waals surface area contributed by atoms with Gasteiger partial charge in [0.1, 0.15) is 6.04 Å². The van der Waals surface area contributed by atoms with Gasteiger partial charge in [-0.2, -0.15) is 0 Å². The molecule has 1 unspecified atom stereocenters. The first-order valence-corrected chi connectivity index (χ1v) is 7.26. The SMILES string of the molecule is CCCNC(CCN1CCN(C)C(C)(C)C1)C(=O)O.